The van der Waals surface area contributed by atoms with E-state index in [1.807, 2.05) is 175 Å². The van der Waals surface area contributed by atoms with Crippen LogP contribution in [0.4, 0.5) is 59.5 Å². The summed E-state index contributed by atoms with van der Waals surface area (Å²) in [7, 11) is -1.46. The highest BCUT2D eigenvalue weighted by molar-refractivity contribution is 7.91. The summed E-state index contributed by atoms with van der Waals surface area (Å²) in [6.07, 6.45) is 13.6. The lowest BCUT2D eigenvalue weighted by Gasteiger charge is -2.32. The van der Waals surface area contributed by atoms with E-state index in [4.69, 9.17) is 9.97 Å². The van der Waals surface area contributed by atoms with Crippen LogP contribution in [0.25, 0.3) is 44.2 Å². The van der Waals surface area contributed by atoms with Gasteiger partial charge < -0.3 is 36.4 Å². The third-order valence-electron chi connectivity index (χ3n) is 25.5. The third kappa shape index (κ3) is 22.6. The molecule has 0 aliphatic carbocycles. The number of likely N-dealkylation sites (N-methyl/N-ethyl adjacent to an activating group) is 1. The molecule has 4 unspecified atom stereocenters. The van der Waals surface area contributed by atoms with Gasteiger partial charge in [0.2, 0.25) is 17.8 Å². The molecule has 139 heavy (non-hydrogen) atoms. The molecule has 4 atom stereocenters. The fourth-order valence-electron chi connectivity index (χ4n) is 18.2. The molecular weight excluding hydrogens is 1840 g/mol. The zero-order chi connectivity index (χ0) is 96.3. The molecule has 16 aromatic rings. The van der Waals surface area contributed by atoms with Gasteiger partial charge >= 0.3 is 6.18 Å². The van der Waals surface area contributed by atoms with Crippen molar-refractivity contribution in [2.75, 3.05) is 93.6 Å². The first-order valence-electron chi connectivity index (χ1n) is 46.0. The second kappa shape index (κ2) is 42.9. The Bertz CT molecular complexity index is 7530. The molecule has 20 rings (SSSR count). The molecule has 3 fully saturated rings. The van der Waals surface area contributed by atoms with Crippen molar-refractivity contribution in [3.05, 3.63) is 373 Å². The fraction of sp³-hybridized carbons (Fsp3) is 0.236. The maximum absolute atomic E-state index is 14.3. The minimum Gasteiger partial charge on any atom is -0.340 e. The van der Waals surface area contributed by atoms with Gasteiger partial charge in [0.05, 0.1) is 40.2 Å². The van der Waals surface area contributed by atoms with Crippen molar-refractivity contribution in [2.45, 2.75) is 113 Å². The van der Waals surface area contributed by atoms with Gasteiger partial charge in [0, 0.05) is 129 Å². The summed E-state index contributed by atoms with van der Waals surface area (Å²) in [5, 5.41) is 20.4. The Labute approximate surface area is 810 Å². The van der Waals surface area contributed by atoms with Gasteiger partial charge in [-0.1, -0.05) is 153 Å². The second-order valence-electron chi connectivity index (χ2n) is 34.9. The van der Waals surface area contributed by atoms with Crippen LogP contribution in [0.2, 0.25) is 0 Å². The summed E-state index contributed by atoms with van der Waals surface area (Å²) in [5.41, 5.74) is 13.1. The lowest BCUT2D eigenvalue weighted by Crippen LogP contribution is -2.35. The van der Waals surface area contributed by atoms with Crippen molar-refractivity contribution >= 4 is 133 Å². The molecule has 8 aromatic heterocycles. The number of hydrogen-bond donors (Lipinski definition) is 5. The van der Waals surface area contributed by atoms with Crippen molar-refractivity contribution in [2.24, 2.45) is 0 Å². The maximum Gasteiger partial charge on any atom is 0.403 e. The van der Waals surface area contributed by atoms with E-state index in [1.54, 1.807) is 51.9 Å². The van der Waals surface area contributed by atoms with Gasteiger partial charge in [0.25, 0.3) is 16.7 Å². The zero-order valence-corrected chi connectivity index (χ0v) is 80.0. The minimum atomic E-state index is -4.97. The summed E-state index contributed by atoms with van der Waals surface area (Å²) in [6, 6.07) is 74.8. The molecular formula is C106H102F3N19O7S4. The molecule has 33 heteroatoms. The fourth-order valence-corrected chi connectivity index (χ4v) is 22.6. The lowest BCUT2D eigenvalue weighted by atomic mass is 9.90. The van der Waals surface area contributed by atoms with E-state index in [1.165, 1.54) is 56.6 Å². The number of halogens is 3. The summed E-state index contributed by atoms with van der Waals surface area (Å²) >= 11 is 1.34. The van der Waals surface area contributed by atoms with Crippen molar-refractivity contribution in [1.82, 2.24) is 74.0 Å². The average Bonchev–Trinajstić information content (AvgIpc) is 1.43. The predicted molar refractivity (Wildman–Crippen MR) is 544 cm³/mol. The first-order valence-corrected chi connectivity index (χ1v) is 50.8. The van der Waals surface area contributed by atoms with Gasteiger partial charge in [-0.05, 0) is 250 Å². The van der Waals surface area contributed by atoms with E-state index in [0.29, 0.717) is 78.4 Å². The van der Waals surface area contributed by atoms with E-state index < -0.39 is 60.4 Å². The van der Waals surface area contributed by atoms with Gasteiger partial charge in [0.1, 0.15) is 33.4 Å². The summed E-state index contributed by atoms with van der Waals surface area (Å²) in [4.78, 5) is 86.8. The molecule has 708 valence electrons. The van der Waals surface area contributed by atoms with E-state index >= 15 is 0 Å². The lowest BCUT2D eigenvalue weighted by molar-refractivity contribution is -0.106. The molecule has 0 radical (unpaired) electrons. The van der Waals surface area contributed by atoms with Crippen LogP contribution < -0.4 is 48.2 Å². The van der Waals surface area contributed by atoms with Crippen LogP contribution in [-0.2, 0) is 51.1 Å². The van der Waals surface area contributed by atoms with Crippen molar-refractivity contribution in [1.29, 1.82) is 0 Å². The number of nitrogens with zero attached hydrogens (tertiary/aromatic N) is 14. The van der Waals surface area contributed by atoms with Crippen LogP contribution in [0.1, 0.15) is 113 Å². The normalized spacial score (nSPS) is 15.9. The Morgan fingerprint density at radius 3 is 1.72 bits per heavy atom. The smallest absolute Gasteiger partial charge is 0.340 e. The number of anilines is 8. The monoisotopic (exact) mass is 1940 g/mol. The molecule has 0 amide bonds. The van der Waals surface area contributed by atoms with Crippen LogP contribution >= 0.6 is 11.3 Å². The number of alkyl halides is 3. The molecule has 26 nitrogen and oxygen atoms in total. The van der Waals surface area contributed by atoms with Crippen LogP contribution in [0.15, 0.2) is 330 Å². The SMILES string of the molecule is C=C(c1ccccc1)c1cc2cnc(Nc3ccc(C4CCNCC4)cc3)nc2n(Cc2ccncc2S(=O)(=O)CC(F)(F)F)c1=O.CN1CCC(c2ccc(Nc3ncc4cc(N(C)c5ccccc5)c(=O)n(Cc5ccccc5S(=O)c5nccs5)c4n3)cc2)C1.CN1CCCCC1c1cc2cnc(Nc3ccc(C4=CCNCC4)cc3)nc2n(Cc2ccc(S(=O)c3ccccc3)cc2)c1=O. The number of para-hydroxylation sites is 1. The van der Waals surface area contributed by atoms with E-state index in [0.717, 1.165) is 152 Å². The first kappa shape index (κ1) is 95.3. The molecule has 12 heterocycles. The number of piperidine rings is 2. The Balaban J connectivity index is 0.000000138. The molecule has 5 N–H and O–H groups in total. The highest BCUT2D eigenvalue weighted by Crippen LogP contribution is 2.37. The van der Waals surface area contributed by atoms with Gasteiger partial charge in [-0.25, -0.2) is 36.8 Å². The van der Waals surface area contributed by atoms with Crippen LogP contribution in [-0.4, -0.2) is 159 Å². The number of aromatic nitrogens is 11. The van der Waals surface area contributed by atoms with E-state index in [-0.39, 0.29) is 46.4 Å². The van der Waals surface area contributed by atoms with Gasteiger partial charge in [-0.2, -0.15) is 28.1 Å². The number of benzene rings is 8. The Morgan fingerprint density at radius 1 is 0.554 bits per heavy atom. The number of rotatable bonds is 26. The largest absolute Gasteiger partial charge is 0.403 e. The first-order chi connectivity index (χ1) is 67.5. The van der Waals surface area contributed by atoms with Crippen LogP contribution in [0.3, 0.4) is 0 Å². The summed E-state index contributed by atoms with van der Waals surface area (Å²) < 4.78 is 97.2. The Hall–Kier alpha value is -14.0. The topological polar surface area (TPSA) is 307 Å². The summed E-state index contributed by atoms with van der Waals surface area (Å²) in [6.45, 7) is 11.2. The quantitative estimate of drug-likeness (QED) is 0.0336. The molecule has 8 aromatic carbocycles. The molecule has 0 bridgehead atoms. The number of fused-ring (bicyclic) bond motifs is 3. The molecule has 3 saturated heterocycles. The van der Waals surface area contributed by atoms with Crippen molar-refractivity contribution < 1.29 is 30.0 Å². The molecule has 0 saturated carbocycles. The molecule has 4 aliphatic heterocycles. The minimum absolute atomic E-state index is 0.0348. The average molecular weight is 1940 g/mol. The van der Waals surface area contributed by atoms with Crippen molar-refractivity contribution in [3.8, 4) is 0 Å². The number of thiazole rings is 1. The molecule has 4 aliphatic rings. The van der Waals surface area contributed by atoms with Crippen LogP contribution in [0.5, 0.6) is 0 Å². The van der Waals surface area contributed by atoms with Crippen molar-refractivity contribution in [3.63, 3.8) is 0 Å². The number of likely N-dealkylation sites (tertiary alicyclic amines) is 2. The number of nitrogens with one attached hydrogen (secondary N) is 5. The highest BCUT2D eigenvalue weighted by atomic mass is 32.2. The second-order valence-corrected chi connectivity index (χ2v) is 40.9. The highest BCUT2D eigenvalue weighted by Gasteiger charge is 2.38. The standard InChI is InChI=1S/C37H38N6O2S.C35H33N7O2S2.C34H31F3N6O3S/c1-42-22-6-5-9-34(42)33-23-29-24-39-37(40-30-14-12-27(13-15-30)28-18-20-38-21-19-28)41-35(29)43(36(33)44)25-26-10-16-32(17-11-26)46(45)31-7-3-2-4-8-31;1-40-18-16-25(22-40)24-12-14-28(15-13-24)38-34-37-21-27-20-30(41(2)29-9-4-3-5-10-29)33(43)42(32(27)39-34)23-26-8-6-7-11-31(26)46(44)35-36-17-19-45-35;1-22(23-5-3-2-4-6-23)29-17-27-18-40-33(41-28-9-7-24(8-10-28)25-11-14-38-15-12-25)42-31(27)43(32(29)44)20-26-13-16-39-19-30(26)47(45,46)21-34(35,36)37/h2-4,7-8,10-18,23-24,34,38H,5-6,9,19-22,25H2,1H3,(H,39,40,41);3-15,17,19-21,25H,16,18,22-23H2,1-2H3,(H,37,38,39);2-10,13,16-19,25,38H,1,11-12,14-15,20-21H2,(H,40,41,42). The Morgan fingerprint density at radius 2 is 1.12 bits per heavy atom. The number of pyridine rings is 4. The molecule has 0 spiro atoms. The third-order valence-corrected chi connectivity index (χ3v) is 31.2. The predicted octanol–water partition coefficient (Wildman–Crippen LogP) is 18.5. The number of sulfone groups is 1. The van der Waals surface area contributed by atoms with Crippen LogP contribution in [0, 0.1) is 0 Å². The van der Waals surface area contributed by atoms with Gasteiger partial charge in [-0.3, -0.25) is 38.0 Å². The number of hydrogen-bond acceptors (Lipinski definition) is 24. The van der Waals surface area contributed by atoms with Gasteiger partial charge in [-0.15, -0.1) is 11.3 Å². The zero-order valence-electron chi connectivity index (χ0n) is 76.7. The maximum atomic E-state index is 14.3. The summed E-state index contributed by atoms with van der Waals surface area (Å²) in [5.74, 6) is -0.0415. The Kier molecular flexibility index (Phi) is 29.4. The van der Waals surface area contributed by atoms with E-state index in [2.05, 4.69) is 142 Å². The van der Waals surface area contributed by atoms with Gasteiger partial charge in [0.15, 0.2) is 19.9 Å². The van der Waals surface area contributed by atoms with E-state index in [9.17, 15) is 44.4 Å².